The predicted octanol–water partition coefficient (Wildman–Crippen LogP) is 1.69. The lowest BCUT2D eigenvalue weighted by Crippen LogP contribution is -2.43. The predicted molar refractivity (Wildman–Crippen MR) is 90.3 cm³/mol. The van der Waals surface area contributed by atoms with Gasteiger partial charge in [0.15, 0.2) is 0 Å². The summed E-state index contributed by atoms with van der Waals surface area (Å²) in [5.74, 6) is -0.504. The molecule has 6 nitrogen and oxygen atoms in total. The number of amides is 2. The van der Waals surface area contributed by atoms with Crippen LogP contribution in [0.25, 0.3) is 0 Å². The van der Waals surface area contributed by atoms with Crippen molar-refractivity contribution in [2.45, 2.75) is 19.4 Å². The fourth-order valence-electron chi connectivity index (χ4n) is 2.99. The van der Waals surface area contributed by atoms with Gasteiger partial charge in [0.2, 0.25) is 5.91 Å². The molecule has 1 aliphatic rings. The van der Waals surface area contributed by atoms with Gasteiger partial charge in [-0.1, -0.05) is 0 Å². The van der Waals surface area contributed by atoms with Crippen LogP contribution in [0.2, 0.25) is 0 Å². The summed E-state index contributed by atoms with van der Waals surface area (Å²) in [5, 5.41) is 2.94. The molecule has 1 fully saturated rings. The largest absolute Gasteiger partial charge is 0.354 e. The van der Waals surface area contributed by atoms with Crippen LogP contribution in [0.4, 0.5) is 4.39 Å². The normalized spacial score (nSPS) is 15.2. The number of piperidine rings is 1. The maximum atomic E-state index is 12.9. The lowest BCUT2D eigenvalue weighted by atomic mass is 9.95. The summed E-state index contributed by atoms with van der Waals surface area (Å²) in [5.41, 5.74) is 0.477. The van der Waals surface area contributed by atoms with Gasteiger partial charge >= 0.3 is 0 Å². The molecule has 7 heteroatoms. The Hall–Kier alpha value is -2.70. The first kappa shape index (κ1) is 17.1. The number of halogens is 1. The van der Waals surface area contributed by atoms with Crippen LogP contribution in [0.1, 0.15) is 23.2 Å². The van der Waals surface area contributed by atoms with E-state index in [1.165, 1.54) is 24.3 Å². The Bertz CT molecular complexity index is 707. The second-order valence-corrected chi connectivity index (χ2v) is 6.16. The zero-order valence-corrected chi connectivity index (χ0v) is 13.9. The molecule has 0 bridgehead atoms. The van der Waals surface area contributed by atoms with E-state index < -0.39 is 0 Å². The van der Waals surface area contributed by atoms with Crippen LogP contribution < -0.4 is 5.32 Å². The monoisotopic (exact) mass is 344 g/mol. The summed E-state index contributed by atoms with van der Waals surface area (Å²) in [7, 11) is 0. The van der Waals surface area contributed by atoms with Gasteiger partial charge in [0.25, 0.3) is 5.91 Å². The minimum Gasteiger partial charge on any atom is -0.354 e. The fourth-order valence-corrected chi connectivity index (χ4v) is 2.99. The van der Waals surface area contributed by atoms with E-state index in [2.05, 4.69) is 10.3 Å². The number of carbonyl (C=O) groups is 2. The van der Waals surface area contributed by atoms with Crippen molar-refractivity contribution in [3.05, 3.63) is 54.4 Å². The average Bonchev–Trinajstić information content (AvgIpc) is 3.15. The van der Waals surface area contributed by atoms with Crippen molar-refractivity contribution in [3.63, 3.8) is 0 Å². The number of nitrogens with zero attached hydrogens (tertiary/aromatic N) is 3. The summed E-state index contributed by atoms with van der Waals surface area (Å²) in [6, 6.07) is 5.56. The molecule has 132 valence electrons. The third-order valence-corrected chi connectivity index (χ3v) is 4.47. The van der Waals surface area contributed by atoms with Crippen LogP contribution in [-0.2, 0) is 11.3 Å². The van der Waals surface area contributed by atoms with E-state index in [-0.39, 0.29) is 23.5 Å². The standard InChI is InChI=1S/C18H21FN4O2/c19-16-3-1-15(2-4-16)18(25)23-9-5-14(6-10-23)17(24)21-8-12-22-11-7-20-13-22/h1-4,7,11,13-14H,5-6,8-10,12H2,(H,21,24). The van der Waals surface area contributed by atoms with Crippen molar-refractivity contribution < 1.29 is 14.0 Å². The lowest BCUT2D eigenvalue weighted by Gasteiger charge is -2.31. The first-order chi connectivity index (χ1) is 12.1. The van der Waals surface area contributed by atoms with E-state index in [0.29, 0.717) is 44.6 Å². The quantitative estimate of drug-likeness (QED) is 0.898. The van der Waals surface area contributed by atoms with Gasteiger partial charge < -0.3 is 14.8 Å². The van der Waals surface area contributed by atoms with Gasteiger partial charge in [-0.25, -0.2) is 9.37 Å². The summed E-state index contributed by atoms with van der Waals surface area (Å²) < 4.78 is 14.9. The molecule has 2 amide bonds. The molecule has 2 aromatic rings. The molecule has 0 radical (unpaired) electrons. The maximum Gasteiger partial charge on any atom is 0.253 e. The Kier molecular flexibility index (Phi) is 5.42. The smallest absolute Gasteiger partial charge is 0.253 e. The molecule has 25 heavy (non-hydrogen) atoms. The van der Waals surface area contributed by atoms with Gasteiger partial charge in [0, 0.05) is 50.1 Å². The fraction of sp³-hybridized carbons (Fsp3) is 0.389. The van der Waals surface area contributed by atoms with Crippen LogP contribution in [0.3, 0.4) is 0 Å². The van der Waals surface area contributed by atoms with Crippen LogP contribution in [0, 0.1) is 11.7 Å². The third kappa shape index (κ3) is 4.43. The number of carbonyl (C=O) groups excluding carboxylic acids is 2. The highest BCUT2D eigenvalue weighted by Crippen LogP contribution is 2.19. The van der Waals surface area contributed by atoms with Gasteiger partial charge in [0.1, 0.15) is 5.82 Å². The molecule has 0 spiro atoms. The Morgan fingerprint density at radius 1 is 1.20 bits per heavy atom. The Balaban J connectivity index is 1.43. The van der Waals surface area contributed by atoms with Crippen molar-refractivity contribution in [3.8, 4) is 0 Å². The van der Waals surface area contributed by atoms with E-state index in [0.717, 1.165) is 0 Å². The molecule has 0 unspecified atom stereocenters. The SMILES string of the molecule is O=C(NCCn1ccnc1)C1CCN(C(=O)c2ccc(F)cc2)CC1. The van der Waals surface area contributed by atoms with Gasteiger partial charge in [-0.15, -0.1) is 0 Å². The number of likely N-dealkylation sites (tertiary alicyclic amines) is 1. The summed E-state index contributed by atoms with van der Waals surface area (Å²) in [6.45, 7) is 2.32. The molecule has 0 atom stereocenters. The number of nitrogens with one attached hydrogen (secondary N) is 1. The molecule has 1 aliphatic heterocycles. The minimum absolute atomic E-state index is 0.0361. The van der Waals surface area contributed by atoms with Crippen LogP contribution in [0.15, 0.2) is 43.0 Å². The second-order valence-electron chi connectivity index (χ2n) is 6.16. The van der Waals surface area contributed by atoms with Crippen LogP contribution in [0.5, 0.6) is 0 Å². The molecule has 1 aromatic heterocycles. The van der Waals surface area contributed by atoms with E-state index in [1.807, 2.05) is 10.8 Å². The number of benzene rings is 1. The van der Waals surface area contributed by atoms with Gasteiger partial charge in [-0.3, -0.25) is 9.59 Å². The van der Waals surface area contributed by atoms with Crippen molar-refractivity contribution >= 4 is 11.8 Å². The number of aromatic nitrogens is 2. The number of rotatable bonds is 5. The summed E-state index contributed by atoms with van der Waals surface area (Å²) in [6.07, 6.45) is 6.56. The lowest BCUT2D eigenvalue weighted by molar-refractivity contribution is -0.126. The van der Waals surface area contributed by atoms with Gasteiger partial charge in [0.05, 0.1) is 6.33 Å². The highest BCUT2D eigenvalue weighted by molar-refractivity contribution is 5.94. The molecular formula is C18H21FN4O2. The van der Waals surface area contributed by atoms with E-state index >= 15 is 0 Å². The molecule has 1 aromatic carbocycles. The number of hydrogen-bond acceptors (Lipinski definition) is 3. The number of imidazole rings is 1. The molecule has 2 heterocycles. The van der Waals surface area contributed by atoms with Crippen molar-refractivity contribution in [2.24, 2.45) is 5.92 Å². The third-order valence-electron chi connectivity index (χ3n) is 4.47. The Morgan fingerprint density at radius 2 is 1.92 bits per heavy atom. The van der Waals surface area contributed by atoms with Crippen LogP contribution >= 0.6 is 0 Å². The van der Waals surface area contributed by atoms with E-state index in [4.69, 9.17) is 0 Å². The highest BCUT2D eigenvalue weighted by Gasteiger charge is 2.27. The van der Waals surface area contributed by atoms with Gasteiger partial charge in [-0.05, 0) is 37.1 Å². The van der Waals surface area contributed by atoms with Crippen molar-refractivity contribution in [1.82, 2.24) is 19.8 Å². The number of hydrogen-bond donors (Lipinski definition) is 1. The summed E-state index contributed by atoms with van der Waals surface area (Å²) >= 11 is 0. The van der Waals surface area contributed by atoms with E-state index in [9.17, 15) is 14.0 Å². The van der Waals surface area contributed by atoms with Crippen molar-refractivity contribution in [1.29, 1.82) is 0 Å². The van der Waals surface area contributed by atoms with E-state index in [1.54, 1.807) is 17.4 Å². The topological polar surface area (TPSA) is 67.2 Å². The highest BCUT2D eigenvalue weighted by atomic mass is 19.1. The van der Waals surface area contributed by atoms with Crippen LogP contribution in [-0.4, -0.2) is 45.9 Å². The molecule has 0 saturated carbocycles. The molecule has 1 N–H and O–H groups in total. The first-order valence-corrected chi connectivity index (χ1v) is 8.42. The second kappa shape index (κ2) is 7.92. The Morgan fingerprint density at radius 3 is 2.56 bits per heavy atom. The Labute approximate surface area is 145 Å². The average molecular weight is 344 g/mol. The molecule has 3 rings (SSSR count). The minimum atomic E-state index is -0.359. The molecule has 0 aliphatic carbocycles. The maximum absolute atomic E-state index is 12.9. The molecular weight excluding hydrogens is 323 g/mol. The molecule has 1 saturated heterocycles. The van der Waals surface area contributed by atoms with Crippen molar-refractivity contribution in [2.75, 3.05) is 19.6 Å². The zero-order chi connectivity index (χ0) is 17.6. The van der Waals surface area contributed by atoms with Gasteiger partial charge in [-0.2, -0.15) is 0 Å². The zero-order valence-electron chi connectivity index (χ0n) is 13.9. The first-order valence-electron chi connectivity index (χ1n) is 8.42. The summed E-state index contributed by atoms with van der Waals surface area (Å²) in [4.78, 5) is 30.3.